The molecule has 0 amide bonds. The van der Waals surface area contributed by atoms with Crippen LogP contribution < -0.4 is 10.5 Å². The lowest BCUT2D eigenvalue weighted by molar-refractivity contribution is 0.242. The molecule has 0 spiro atoms. The van der Waals surface area contributed by atoms with Crippen LogP contribution in [0.4, 0.5) is 0 Å². The molecule has 4 heteroatoms. The maximum Gasteiger partial charge on any atom is 0.124 e. The van der Waals surface area contributed by atoms with Gasteiger partial charge in [0, 0.05) is 6.07 Å². The molecular formula is C14H21N3O. The zero-order valence-electron chi connectivity index (χ0n) is 11.2. The van der Waals surface area contributed by atoms with Crippen LogP contribution in [0, 0.1) is 0 Å². The molecule has 1 aromatic heterocycles. The number of benzene rings is 1. The van der Waals surface area contributed by atoms with Crippen molar-refractivity contribution in [3.8, 4) is 5.75 Å². The molecule has 0 aliphatic rings. The lowest BCUT2D eigenvalue weighted by atomic mass is 10.2. The summed E-state index contributed by atoms with van der Waals surface area (Å²) in [5.41, 5.74) is 7.98. The lowest BCUT2D eigenvalue weighted by Gasteiger charge is -2.08. The van der Waals surface area contributed by atoms with Gasteiger partial charge in [-0.25, -0.2) is 4.98 Å². The second-order valence-electron chi connectivity index (χ2n) is 4.86. The fourth-order valence-electron chi connectivity index (χ4n) is 1.98. The van der Waals surface area contributed by atoms with E-state index in [1.165, 1.54) is 0 Å². The van der Waals surface area contributed by atoms with Gasteiger partial charge in [0.1, 0.15) is 11.6 Å². The maximum absolute atomic E-state index is 6.06. The molecule has 0 radical (unpaired) electrons. The Balaban J connectivity index is 2.27. The predicted octanol–water partition coefficient (Wildman–Crippen LogP) is 3.15. The average molecular weight is 247 g/mol. The number of hydrogen-bond acceptors (Lipinski definition) is 3. The summed E-state index contributed by atoms with van der Waals surface area (Å²) in [6, 6.07) is 5.87. The van der Waals surface area contributed by atoms with Crippen LogP contribution in [0.3, 0.4) is 0 Å². The third kappa shape index (κ3) is 2.82. The van der Waals surface area contributed by atoms with Crippen molar-refractivity contribution in [2.75, 3.05) is 0 Å². The SMILES string of the molecule is CCCC(N)c1nc2ccc(OC(C)C)cc2[nH]1. The molecule has 0 aliphatic carbocycles. The highest BCUT2D eigenvalue weighted by molar-refractivity contribution is 5.76. The van der Waals surface area contributed by atoms with E-state index < -0.39 is 0 Å². The Morgan fingerprint density at radius 2 is 2.17 bits per heavy atom. The van der Waals surface area contributed by atoms with E-state index >= 15 is 0 Å². The van der Waals surface area contributed by atoms with Gasteiger partial charge in [-0.1, -0.05) is 13.3 Å². The fourth-order valence-corrected chi connectivity index (χ4v) is 1.98. The highest BCUT2D eigenvalue weighted by Crippen LogP contribution is 2.22. The molecule has 1 unspecified atom stereocenters. The number of ether oxygens (including phenoxy) is 1. The van der Waals surface area contributed by atoms with E-state index in [0.29, 0.717) is 0 Å². The van der Waals surface area contributed by atoms with Crippen LogP contribution in [-0.2, 0) is 0 Å². The molecule has 98 valence electrons. The second kappa shape index (κ2) is 5.40. The smallest absolute Gasteiger partial charge is 0.124 e. The summed E-state index contributed by atoms with van der Waals surface area (Å²) in [5, 5.41) is 0. The number of hydrogen-bond donors (Lipinski definition) is 2. The van der Waals surface area contributed by atoms with E-state index in [0.717, 1.165) is 35.4 Å². The number of nitrogens with zero attached hydrogens (tertiary/aromatic N) is 1. The molecule has 1 atom stereocenters. The van der Waals surface area contributed by atoms with Gasteiger partial charge < -0.3 is 15.5 Å². The van der Waals surface area contributed by atoms with Gasteiger partial charge in [0.2, 0.25) is 0 Å². The number of rotatable bonds is 5. The van der Waals surface area contributed by atoms with Gasteiger partial charge in [0.05, 0.1) is 23.2 Å². The van der Waals surface area contributed by atoms with Gasteiger partial charge in [-0.2, -0.15) is 0 Å². The summed E-state index contributed by atoms with van der Waals surface area (Å²) in [4.78, 5) is 7.79. The van der Waals surface area contributed by atoms with E-state index in [-0.39, 0.29) is 12.1 Å². The molecule has 4 nitrogen and oxygen atoms in total. The molecule has 2 rings (SSSR count). The molecule has 1 aromatic carbocycles. The highest BCUT2D eigenvalue weighted by atomic mass is 16.5. The molecule has 0 aliphatic heterocycles. The van der Waals surface area contributed by atoms with Crippen LogP contribution >= 0.6 is 0 Å². The summed E-state index contributed by atoms with van der Waals surface area (Å²) >= 11 is 0. The molecule has 3 N–H and O–H groups in total. The Labute approximate surface area is 108 Å². The first-order valence-electron chi connectivity index (χ1n) is 6.52. The van der Waals surface area contributed by atoms with E-state index in [1.807, 2.05) is 32.0 Å². The largest absolute Gasteiger partial charge is 0.491 e. The quantitative estimate of drug-likeness (QED) is 0.853. The molecule has 0 saturated heterocycles. The minimum atomic E-state index is -0.0168. The van der Waals surface area contributed by atoms with Crippen LogP contribution in [0.1, 0.15) is 45.5 Å². The van der Waals surface area contributed by atoms with Crippen LogP contribution in [0.5, 0.6) is 5.75 Å². The van der Waals surface area contributed by atoms with Crippen LogP contribution in [-0.4, -0.2) is 16.1 Å². The van der Waals surface area contributed by atoms with Crippen molar-refractivity contribution in [2.24, 2.45) is 5.73 Å². The Bertz CT molecular complexity index is 519. The van der Waals surface area contributed by atoms with Crippen LogP contribution in [0.15, 0.2) is 18.2 Å². The fraction of sp³-hybridized carbons (Fsp3) is 0.500. The highest BCUT2D eigenvalue weighted by Gasteiger charge is 2.11. The van der Waals surface area contributed by atoms with Crippen molar-refractivity contribution in [1.82, 2.24) is 9.97 Å². The van der Waals surface area contributed by atoms with Gasteiger partial charge in [0.25, 0.3) is 0 Å². The number of nitrogens with two attached hydrogens (primary N) is 1. The first-order valence-corrected chi connectivity index (χ1v) is 6.52. The maximum atomic E-state index is 6.06. The van der Waals surface area contributed by atoms with E-state index in [4.69, 9.17) is 10.5 Å². The molecule has 2 aromatic rings. The topological polar surface area (TPSA) is 63.9 Å². The number of H-pyrrole nitrogens is 1. The number of nitrogens with one attached hydrogen (secondary N) is 1. The first-order chi connectivity index (χ1) is 8.60. The van der Waals surface area contributed by atoms with Crippen molar-refractivity contribution >= 4 is 11.0 Å². The number of imidazole rings is 1. The molecular weight excluding hydrogens is 226 g/mol. The third-order valence-electron chi connectivity index (χ3n) is 2.79. The van der Waals surface area contributed by atoms with Crippen molar-refractivity contribution < 1.29 is 4.74 Å². The second-order valence-corrected chi connectivity index (χ2v) is 4.86. The minimum absolute atomic E-state index is 0.0168. The molecule has 1 heterocycles. The number of fused-ring (bicyclic) bond motifs is 1. The van der Waals surface area contributed by atoms with Gasteiger partial charge in [-0.05, 0) is 32.4 Å². The predicted molar refractivity (Wildman–Crippen MR) is 73.7 cm³/mol. The summed E-state index contributed by atoms with van der Waals surface area (Å²) in [6.07, 6.45) is 2.17. The van der Waals surface area contributed by atoms with Gasteiger partial charge >= 0.3 is 0 Å². The molecule has 0 saturated carbocycles. The summed E-state index contributed by atoms with van der Waals surface area (Å²) in [5.74, 6) is 1.71. The number of aromatic nitrogens is 2. The summed E-state index contributed by atoms with van der Waals surface area (Å²) < 4.78 is 5.66. The van der Waals surface area contributed by atoms with Gasteiger partial charge in [-0.3, -0.25) is 0 Å². The average Bonchev–Trinajstić information content (AvgIpc) is 2.71. The zero-order chi connectivity index (χ0) is 13.1. The summed E-state index contributed by atoms with van der Waals surface area (Å²) in [7, 11) is 0. The van der Waals surface area contributed by atoms with Crippen molar-refractivity contribution in [3.05, 3.63) is 24.0 Å². The number of aromatic amines is 1. The Morgan fingerprint density at radius 3 is 2.83 bits per heavy atom. The Morgan fingerprint density at radius 1 is 1.39 bits per heavy atom. The Kier molecular flexibility index (Phi) is 3.87. The Hall–Kier alpha value is -1.55. The standard InChI is InChI=1S/C14H21N3O/c1-4-5-11(15)14-16-12-7-6-10(18-9(2)3)8-13(12)17-14/h6-9,11H,4-5,15H2,1-3H3,(H,16,17). The van der Waals surface area contributed by atoms with Crippen molar-refractivity contribution in [1.29, 1.82) is 0 Å². The molecule has 0 fully saturated rings. The normalized spacial score (nSPS) is 13.2. The lowest BCUT2D eigenvalue weighted by Crippen LogP contribution is -2.11. The van der Waals surface area contributed by atoms with Crippen LogP contribution in [0.2, 0.25) is 0 Å². The zero-order valence-corrected chi connectivity index (χ0v) is 11.2. The minimum Gasteiger partial charge on any atom is -0.491 e. The summed E-state index contributed by atoms with van der Waals surface area (Å²) in [6.45, 7) is 6.15. The van der Waals surface area contributed by atoms with E-state index in [1.54, 1.807) is 0 Å². The van der Waals surface area contributed by atoms with Gasteiger partial charge in [-0.15, -0.1) is 0 Å². The van der Waals surface area contributed by atoms with E-state index in [2.05, 4.69) is 16.9 Å². The van der Waals surface area contributed by atoms with Crippen molar-refractivity contribution in [3.63, 3.8) is 0 Å². The third-order valence-corrected chi connectivity index (χ3v) is 2.79. The molecule has 18 heavy (non-hydrogen) atoms. The monoisotopic (exact) mass is 247 g/mol. The van der Waals surface area contributed by atoms with Crippen molar-refractivity contribution in [2.45, 2.75) is 45.8 Å². The van der Waals surface area contributed by atoms with E-state index in [9.17, 15) is 0 Å². The first kappa shape index (κ1) is 12.9. The van der Waals surface area contributed by atoms with Crippen LogP contribution in [0.25, 0.3) is 11.0 Å². The van der Waals surface area contributed by atoms with Gasteiger partial charge in [0.15, 0.2) is 0 Å². The molecule has 0 bridgehead atoms.